The third kappa shape index (κ3) is 5.60. The molecule has 0 aliphatic heterocycles. The Balaban J connectivity index is 1.78. The summed E-state index contributed by atoms with van der Waals surface area (Å²) < 4.78 is 5.95. The number of carboxylic acids is 1. The number of rotatable bonds is 11. The van der Waals surface area contributed by atoms with Gasteiger partial charge in [-0.25, -0.2) is 0 Å². The standard InChI is InChI=1S/C27H42N2O4/c1-4-27(5-2)22-16-20(25(28)30)12-11-19(22)17-23(33-3)24(27)29-14-13-21(26(31)32)15-18-9-7-6-8-10-18/h11-12,16,18,21,23-24,29H,4-10,13-15,17H2,1-3H3,(H2,28,30)(H,31,32)/t21-,23+,24?/m1/s1. The number of nitrogens with two attached hydrogens (primary N) is 1. The number of carbonyl (C=O) groups is 2. The number of benzene rings is 1. The predicted molar refractivity (Wildman–Crippen MR) is 130 cm³/mol. The Bertz CT molecular complexity index is 814. The fraction of sp³-hybridized carbons (Fsp3) is 0.704. The second-order valence-corrected chi connectivity index (χ2v) is 10.1. The summed E-state index contributed by atoms with van der Waals surface area (Å²) in [6.07, 6.45) is 10.0. The highest BCUT2D eigenvalue weighted by Crippen LogP contribution is 2.44. The third-order valence-corrected chi connectivity index (χ3v) is 8.43. The quantitative estimate of drug-likeness (QED) is 0.455. The van der Waals surface area contributed by atoms with Crippen LogP contribution in [0.2, 0.25) is 0 Å². The zero-order valence-corrected chi connectivity index (χ0v) is 20.6. The molecular formula is C27H42N2O4. The highest BCUT2D eigenvalue weighted by Gasteiger charge is 2.46. The van der Waals surface area contributed by atoms with Gasteiger partial charge in [0.1, 0.15) is 0 Å². The van der Waals surface area contributed by atoms with Crippen LogP contribution in [0.4, 0.5) is 0 Å². The van der Waals surface area contributed by atoms with Gasteiger partial charge in [0.2, 0.25) is 5.91 Å². The van der Waals surface area contributed by atoms with E-state index in [1.807, 2.05) is 12.1 Å². The van der Waals surface area contributed by atoms with Crippen LogP contribution in [-0.2, 0) is 21.4 Å². The minimum Gasteiger partial charge on any atom is -0.481 e. The number of hydrogen-bond donors (Lipinski definition) is 3. The number of nitrogens with one attached hydrogen (secondary N) is 1. The van der Waals surface area contributed by atoms with E-state index in [-0.39, 0.29) is 23.5 Å². The molecule has 1 fully saturated rings. The zero-order valence-electron chi connectivity index (χ0n) is 20.6. The molecule has 6 nitrogen and oxygen atoms in total. The van der Waals surface area contributed by atoms with E-state index in [0.717, 1.165) is 25.7 Å². The highest BCUT2D eigenvalue weighted by atomic mass is 16.5. The first kappa shape index (κ1) is 25.7. The minimum absolute atomic E-state index is 0.0153. The van der Waals surface area contributed by atoms with Gasteiger partial charge in [-0.15, -0.1) is 0 Å². The number of fused-ring (bicyclic) bond motifs is 1. The van der Waals surface area contributed by atoms with Gasteiger partial charge < -0.3 is 20.9 Å². The molecule has 1 saturated carbocycles. The van der Waals surface area contributed by atoms with Crippen molar-refractivity contribution in [3.05, 3.63) is 34.9 Å². The van der Waals surface area contributed by atoms with Crippen LogP contribution in [0.25, 0.3) is 0 Å². The molecule has 3 atom stereocenters. The molecule has 0 heterocycles. The number of ether oxygens (including phenoxy) is 1. The molecule has 0 saturated heterocycles. The second kappa shape index (κ2) is 11.5. The van der Waals surface area contributed by atoms with Crippen molar-refractivity contribution in [1.82, 2.24) is 5.32 Å². The molecule has 1 unspecified atom stereocenters. The normalized spacial score (nSPS) is 23.6. The van der Waals surface area contributed by atoms with E-state index < -0.39 is 11.9 Å². The maximum Gasteiger partial charge on any atom is 0.306 e. The first-order chi connectivity index (χ1) is 15.9. The van der Waals surface area contributed by atoms with Crippen LogP contribution < -0.4 is 11.1 Å². The van der Waals surface area contributed by atoms with Crippen molar-refractivity contribution in [3.8, 4) is 0 Å². The maximum atomic E-state index is 12.0. The summed E-state index contributed by atoms with van der Waals surface area (Å²) in [7, 11) is 1.75. The largest absolute Gasteiger partial charge is 0.481 e. The van der Waals surface area contributed by atoms with Crippen molar-refractivity contribution >= 4 is 11.9 Å². The Labute approximate surface area is 198 Å². The Kier molecular flexibility index (Phi) is 8.94. The third-order valence-electron chi connectivity index (χ3n) is 8.43. The lowest BCUT2D eigenvalue weighted by atomic mass is 9.62. The lowest BCUT2D eigenvalue weighted by Gasteiger charge is -2.49. The van der Waals surface area contributed by atoms with Gasteiger partial charge in [-0.2, -0.15) is 0 Å². The molecule has 33 heavy (non-hydrogen) atoms. The predicted octanol–water partition coefficient (Wildman–Crippen LogP) is 4.43. The number of amides is 1. The molecule has 0 bridgehead atoms. The molecule has 0 spiro atoms. The van der Waals surface area contributed by atoms with Gasteiger partial charge in [0.25, 0.3) is 0 Å². The molecule has 0 radical (unpaired) electrons. The summed E-state index contributed by atoms with van der Waals surface area (Å²) in [5, 5.41) is 13.6. The zero-order chi connectivity index (χ0) is 24.0. The van der Waals surface area contributed by atoms with Crippen molar-refractivity contribution in [2.45, 2.75) is 95.6 Å². The van der Waals surface area contributed by atoms with Crippen LogP contribution in [0.3, 0.4) is 0 Å². The Morgan fingerprint density at radius 1 is 1.21 bits per heavy atom. The molecular weight excluding hydrogens is 416 g/mol. The number of aliphatic carboxylic acids is 1. The van der Waals surface area contributed by atoms with Crippen molar-refractivity contribution in [1.29, 1.82) is 0 Å². The van der Waals surface area contributed by atoms with Gasteiger partial charge in [0.05, 0.1) is 12.0 Å². The molecule has 184 valence electrons. The molecule has 2 aliphatic carbocycles. The SMILES string of the molecule is CCC1(CC)c2cc(C(N)=O)ccc2C[C@H](OC)C1NCC[C@H](CC1CCCCC1)C(=O)O. The van der Waals surface area contributed by atoms with E-state index in [1.165, 1.54) is 43.2 Å². The van der Waals surface area contributed by atoms with E-state index in [1.54, 1.807) is 13.2 Å². The summed E-state index contributed by atoms with van der Waals surface area (Å²) in [6, 6.07) is 5.83. The average molecular weight is 459 g/mol. The first-order valence-electron chi connectivity index (χ1n) is 12.8. The van der Waals surface area contributed by atoms with Gasteiger partial charge >= 0.3 is 5.97 Å². The fourth-order valence-corrected chi connectivity index (χ4v) is 6.43. The van der Waals surface area contributed by atoms with Gasteiger partial charge in [-0.3, -0.25) is 9.59 Å². The van der Waals surface area contributed by atoms with Crippen LogP contribution in [-0.4, -0.2) is 42.8 Å². The van der Waals surface area contributed by atoms with Crippen LogP contribution in [0.15, 0.2) is 18.2 Å². The molecule has 1 aromatic carbocycles. The molecule has 1 aromatic rings. The number of primary amides is 1. The molecule has 1 amide bonds. The summed E-state index contributed by atoms with van der Waals surface area (Å²) in [5.74, 6) is -0.852. The number of hydrogen-bond acceptors (Lipinski definition) is 4. The Morgan fingerprint density at radius 3 is 2.48 bits per heavy atom. The summed E-state index contributed by atoms with van der Waals surface area (Å²) in [6.45, 7) is 5.00. The minimum atomic E-state index is -0.678. The van der Waals surface area contributed by atoms with E-state index in [0.29, 0.717) is 24.4 Å². The van der Waals surface area contributed by atoms with Gasteiger partial charge in [-0.1, -0.05) is 52.0 Å². The summed E-state index contributed by atoms with van der Waals surface area (Å²) in [5.41, 5.74) is 8.29. The van der Waals surface area contributed by atoms with Crippen LogP contribution in [0.5, 0.6) is 0 Å². The topological polar surface area (TPSA) is 102 Å². The van der Waals surface area contributed by atoms with Crippen LogP contribution in [0, 0.1) is 11.8 Å². The number of carbonyl (C=O) groups excluding carboxylic acids is 1. The fourth-order valence-electron chi connectivity index (χ4n) is 6.43. The maximum absolute atomic E-state index is 12.0. The van der Waals surface area contributed by atoms with E-state index in [2.05, 4.69) is 19.2 Å². The van der Waals surface area contributed by atoms with Crippen molar-refractivity contribution in [2.75, 3.05) is 13.7 Å². The first-order valence-corrected chi connectivity index (χ1v) is 12.8. The summed E-state index contributed by atoms with van der Waals surface area (Å²) >= 11 is 0. The van der Waals surface area contributed by atoms with E-state index >= 15 is 0 Å². The smallest absolute Gasteiger partial charge is 0.306 e. The van der Waals surface area contributed by atoms with Crippen LogP contribution >= 0.6 is 0 Å². The van der Waals surface area contributed by atoms with Crippen LogP contribution in [0.1, 0.15) is 93.1 Å². The molecule has 3 rings (SSSR count). The Hall–Kier alpha value is -1.92. The summed E-state index contributed by atoms with van der Waals surface area (Å²) in [4.78, 5) is 23.9. The van der Waals surface area contributed by atoms with Crippen molar-refractivity contribution < 1.29 is 19.4 Å². The van der Waals surface area contributed by atoms with Crippen molar-refractivity contribution in [2.24, 2.45) is 17.6 Å². The van der Waals surface area contributed by atoms with Gasteiger partial charge in [0.15, 0.2) is 0 Å². The highest BCUT2D eigenvalue weighted by molar-refractivity contribution is 5.93. The molecule has 2 aliphatic rings. The number of methoxy groups -OCH3 is 1. The average Bonchev–Trinajstić information content (AvgIpc) is 2.83. The van der Waals surface area contributed by atoms with Crippen molar-refractivity contribution in [3.63, 3.8) is 0 Å². The number of carboxylic acid groups (broad SMARTS) is 1. The van der Waals surface area contributed by atoms with Gasteiger partial charge in [0, 0.05) is 30.6 Å². The second-order valence-electron chi connectivity index (χ2n) is 10.1. The van der Waals surface area contributed by atoms with Gasteiger partial charge in [-0.05, 0) is 61.4 Å². The molecule has 6 heteroatoms. The molecule has 0 aromatic heterocycles. The monoisotopic (exact) mass is 458 g/mol. The Morgan fingerprint density at radius 2 is 1.91 bits per heavy atom. The lowest BCUT2D eigenvalue weighted by molar-refractivity contribution is -0.142. The van der Waals surface area contributed by atoms with E-state index in [4.69, 9.17) is 10.5 Å². The van der Waals surface area contributed by atoms with E-state index in [9.17, 15) is 14.7 Å². The lowest BCUT2D eigenvalue weighted by Crippen LogP contribution is -2.59. The molecule has 4 N–H and O–H groups in total.